The van der Waals surface area contributed by atoms with Gasteiger partial charge in [-0.25, -0.2) is 0 Å². The number of fused-ring (bicyclic) bond motifs is 1. The van der Waals surface area contributed by atoms with Gasteiger partial charge in [0.25, 0.3) is 0 Å². The maximum Gasteiger partial charge on any atom is 0.226 e. The van der Waals surface area contributed by atoms with Crippen molar-refractivity contribution in [1.82, 2.24) is 4.98 Å². The topological polar surface area (TPSA) is 42.0 Å². The molecule has 2 aromatic rings. The van der Waals surface area contributed by atoms with Gasteiger partial charge >= 0.3 is 0 Å². The number of halogens is 1. The van der Waals surface area contributed by atoms with Crippen LogP contribution in [0.2, 0.25) is 5.02 Å². The molecule has 1 aromatic carbocycles. The van der Waals surface area contributed by atoms with Crippen molar-refractivity contribution in [2.75, 3.05) is 5.32 Å². The van der Waals surface area contributed by atoms with Crippen molar-refractivity contribution in [3.05, 3.63) is 35.5 Å². The Bertz CT molecular complexity index is 566. The molecule has 0 spiro atoms. The monoisotopic (exact) mass is 248 g/mol. The van der Waals surface area contributed by atoms with Crippen LogP contribution >= 0.6 is 11.6 Å². The van der Waals surface area contributed by atoms with Crippen LogP contribution < -0.4 is 5.32 Å². The summed E-state index contributed by atoms with van der Waals surface area (Å²) in [5.41, 5.74) is 1.45. The lowest BCUT2D eigenvalue weighted by Crippen LogP contribution is -2.17. The number of aromatic nitrogens is 1. The van der Waals surface area contributed by atoms with E-state index in [1.165, 1.54) is 0 Å². The minimum Gasteiger partial charge on any atom is -0.325 e. The normalized spacial score (nSPS) is 10.8. The van der Waals surface area contributed by atoms with Gasteiger partial charge in [0.15, 0.2) is 0 Å². The second-order valence-corrected chi connectivity index (χ2v) is 4.55. The average Bonchev–Trinajstić information content (AvgIpc) is 2.33. The van der Waals surface area contributed by atoms with Gasteiger partial charge in [0.1, 0.15) is 0 Å². The molecule has 0 atom stereocenters. The Labute approximate surface area is 105 Å². The summed E-state index contributed by atoms with van der Waals surface area (Å²) in [5.74, 6) is -0.0742. The number of hydrogen-bond donors (Lipinski definition) is 1. The van der Waals surface area contributed by atoms with Crippen LogP contribution in [0.25, 0.3) is 10.9 Å². The van der Waals surface area contributed by atoms with Crippen molar-refractivity contribution in [3.63, 3.8) is 0 Å². The summed E-state index contributed by atoms with van der Waals surface area (Å²) in [6, 6.07) is 7.26. The highest BCUT2D eigenvalue weighted by atomic mass is 35.5. The van der Waals surface area contributed by atoms with Crippen molar-refractivity contribution in [3.8, 4) is 0 Å². The van der Waals surface area contributed by atoms with E-state index in [0.29, 0.717) is 10.5 Å². The van der Waals surface area contributed by atoms with Crippen LogP contribution in [0.4, 0.5) is 5.69 Å². The maximum absolute atomic E-state index is 11.7. The molecule has 0 radical (unpaired) electrons. The number of carbonyl (C=O) groups is 1. The fourth-order valence-electron chi connectivity index (χ4n) is 1.52. The minimum atomic E-state index is -0.0580. The predicted molar refractivity (Wildman–Crippen MR) is 70.2 cm³/mol. The molecular weight excluding hydrogens is 236 g/mol. The minimum absolute atomic E-state index is 0.0162. The molecule has 3 nitrogen and oxygen atoms in total. The molecule has 1 amide bonds. The zero-order valence-corrected chi connectivity index (χ0v) is 10.5. The Morgan fingerprint density at radius 2 is 2.12 bits per heavy atom. The van der Waals surface area contributed by atoms with Gasteiger partial charge in [-0.1, -0.05) is 25.4 Å². The molecule has 0 aliphatic carbocycles. The van der Waals surface area contributed by atoms with E-state index in [-0.39, 0.29) is 11.8 Å². The van der Waals surface area contributed by atoms with Crippen LogP contribution in [0.3, 0.4) is 0 Å². The molecule has 0 aliphatic rings. The highest BCUT2D eigenvalue weighted by Gasteiger charge is 2.10. The smallest absolute Gasteiger partial charge is 0.226 e. The Balaban J connectivity index is 2.48. The summed E-state index contributed by atoms with van der Waals surface area (Å²) in [7, 11) is 0. The summed E-state index contributed by atoms with van der Waals surface area (Å²) in [6.07, 6.45) is 1.68. The fraction of sp³-hybridized carbons (Fsp3) is 0.231. The van der Waals surface area contributed by atoms with Gasteiger partial charge in [-0.3, -0.25) is 9.78 Å². The van der Waals surface area contributed by atoms with Crippen LogP contribution in [-0.2, 0) is 4.79 Å². The first kappa shape index (κ1) is 11.9. The van der Waals surface area contributed by atoms with Crippen LogP contribution in [0.15, 0.2) is 30.5 Å². The van der Waals surface area contributed by atoms with Gasteiger partial charge in [0, 0.05) is 17.5 Å². The number of rotatable bonds is 2. The van der Waals surface area contributed by atoms with E-state index in [4.69, 9.17) is 11.6 Å². The van der Waals surface area contributed by atoms with E-state index in [1.807, 2.05) is 26.0 Å². The molecule has 88 valence electrons. The Morgan fingerprint density at radius 3 is 2.82 bits per heavy atom. The van der Waals surface area contributed by atoms with E-state index in [2.05, 4.69) is 10.3 Å². The maximum atomic E-state index is 11.7. The van der Waals surface area contributed by atoms with Crippen LogP contribution in [0.1, 0.15) is 13.8 Å². The zero-order valence-electron chi connectivity index (χ0n) is 9.70. The molecule has 0 fully saturated rings. The van der Waals surface area contributed by atoms with Crippen LogP contribution in [0.5, 0.6) is 0 Å². The zero-order chi connectivity index (χ0) is 12.4. The quantitative estimate of drug-likeness (QED) is 0.884. The van der Waals surface area contributed by atoms with Gasteiger partial charge in [-0.05, 0) is 24.3 Å². The molecular formula is C13H13ClN2O. The fourth-order valence-corrected chi connectivity index (χ4v) is 1.74. The number of benzene rings is 1. The van der Waals surface area contributed by atoms with Gasteiger partial charge in [0.2, 0.25) is 5.91 Å². The summed E-state index contributed by atoms with van der Waals surface area (Å²) < 4.78 is 0. The number of carbonyl (C=O) groups excluding carboxylic acids is 1. The number of pyridine rings is 1. The standard InChI is InChI=1S/C13H13ClN2O/c1-8(2)13(17)16-11-6-5-10(14)12-9(11)4-3-7-15-12/h3-8H,1-2H3,(H,16,17). The van der Waals surface area contributed by atoms with Crippen molar-refractivity contribution >= 4 is 34.1 Å². The molecule has 17 heavy (non-hydrogen) atoms. The Hall–Kier alpha value is -1.61. The largest absolute Gasteiger partial charge is 0.325 e. The second kappa shape index (κ2) is 4.72. The average molecular weight is 249 g/mol. The molecule has 0 aliphatic heterocycles. The summed E-state index contributed by atoms with van der Waals surface area (Å²) in [6.45, 7) is 3.71. The summed E-state index contributed by atoms with van der Waals surface area (Å²) >= 11 is 6.05. The van der Waals surface area contributed by atoms with Crippen LogP contribution in [0, 0.1) is 5.92 Å². The molecule has 0 saturated heterocycles. The highest BCUT2D eigenvalue weighted by molar-refractivity contribution is 6.35. The molecule has 0 saturated carbocycles. The molecule has 4 heteroatoms. The number of amides is 1. The number of anilines is 1. The molecule has 0 unspecified atom stereocenters. The third kappa shape index (κ3) is 2.39. The first-order valence-corrected chi connectivity index (χ1v) is 5.81. The van der Waals surface area contributed by atoms with Crippen molar-refractivity contribution in [1.29, 1.82) is 0 Å². The third-order valence-corrected chi connectivity index (χ3v) is 2.81. The molecule has 1 heterocycles. The first-order chi connectivity index (χ1) is 8.09. The van der Waals surface area contributed by atoms with Crippen molar-refractivity contribution < 1.29 is 4.79 Å². The number of nitrogens with zero attached hydrogens (tertiary/aromatic N) is 1. The molecule has 0 bridgehead atoms. The van der Waals surface area contributed by atoms with E-state index < -0.39 is 0 Å². The SMILES string of the molecule is CC(C)C(=O)Nc1ccc(Cl)c2ncccc12. The van der Waals surface area contributed by atoms with Crippen molar-refractivity contribution in [2.45, 2.75) is 13.8 Å². The molecule has 1 aromatic heterocycles. The van der Waals surface area contributed by atoms with Gasteiger partial charge in [-0.2, -0.15) is 0 Å². The van der Waals surface area contributed by atoms with E-state index in [1.54, 1.807) is 18.3 Å². The van der Waals surface area contributed by atoms with Gasteiger partial charge in [0.05, 0.1) is 16.2 Å². The lowest BCUT2D eigenvalue weighted by atomic mass is 10.1. The third-order valence-electron chi connectivity index (χ3n) is 2.50. The van der Waals surface area contributed by atoms with Gasteiger partial charge < -0.3 is 5.32 Å². The Morgan fingerprint density at radius 1 is 1.35 bits per heavy atom. The Kier molecular flexibility index (Phi) is 3.29. The summed E-state index contributed by atoms with van der Waals surface area (Å²) in [4.78, 5) is 15.9. The summed E-state index contributed by atoms with van der Waals surface area (Å²) in [5, 5.41) is 4.32. The van der Waals surface area contributed by atoms with E-state index in [0.717, 1.165) is 11.1 Å². The van der Waals surface area contributed by atoms with Crippen LogP contribution in [-0.4, -0.2) is 10.9 Å². The second-order valence-electron chi connectivity index (χ2n) is 4.14. The molecule has 2 rings (SSSR count). The lowest BCUT2D eigenvalue weighted by Gasteiger charge is -2.10. The van der Waals surface area contributed by atoms with Gasteiger partial charge in [-0.15, -0.1) is 0 Å². The lowest BCUT2D eigenvalue weighted by molar-refractivity contribution is -0.118. The molecule has 1 N–H and O–H groups in total. The first-order valence-electron chi connectivity index (χ1n) is 5.43. The van der Waals surface area contributed by atoms with E-state index >= 15 is 0 Å². The predicted octanol–water partition coefficient (Wildman–Crippen LogP) is 3.48. The highest BCUT2D eigenvalue weighted by Crippen LogP contribution is 2.28. The van der Waals surface area contributed by atoms with E-state index in [9.17, 15) is 4.79 Å². The number of nitrogens with one attached hydrogen (secondary N) is 1. The number of hydrogen-bond acceptors (Lipinski definition) is 2. The van der Waals surface area contributed by atoms with Crippen molar-refractivity contribution in [2.24, 2.45) is 5.92 Å².